The highest BCUT2D eigenvalue weighted by molar-refractivity contribution is 6.43. The van der Waals surface area contributed by atoms with Crippen LogP contribution in [-0.4, -0.2) is 47.3 Å². The summed E-state index contributed by atoms with van der Waals surface area (Å²) in [5.41, 5.74) is 2.48. The fourth-order valence-corrected chi connectivity index (χ4v) is 4.04. The number of hydrogen-bond donors (Lipinski definition) is 0. The number of benzene rings is 1. The Balaban J connectivity index is 1.88. The van der Waals surface area contributed by atoms with Gasteiger partial charge >= 0.3 is 0 Å². The third-order valence-corrected chi connectivity index (χ3v) is 5.67. The first-order chi connectivity index (χ1) is 13.2. The minimum atomic E-state index is -0.548. The molecule has 1 aliphatic heterocycles. The maximum Gasteiger partial charge on any atom is 0.262 e. The molecule has 0 saturated heterocycles. The molecule has 2 amide bonds. The lowest BCUT2D eigenvalue weighted by molar-refractivity contribution is 0.0624. The molecule has 0 fully saturated rings. The van der Waals surface area contributed by atoms with E-state index in [9.17, 15) is 14.4 Å². The molecule has 28 heavy (non-hydrogen) atoms. The van der Waals surface area contributed by atoms with Gasteiger partial charge in [0.2, 0.25) is 0 Å². The van der Waals surface area contributed by atoms with Gasteiger partial charge in [-0.15, -0.1) is 0 Å². The van der Waals surface area contributed by atoms with Gasteiger partial charge in [0, 0.05) is 24.1 Å². The molecule has 6 nitrogen and oxygen atoms in total. The number of nitrogens with zero attached hydrogens (tertiary/aromatic N) is 2. The third-order valence-electron chi connectivity index (χ3n) is 4.95. The van der Waals surface area contributed by atoms with Crippen LogP contribution in [0.5, 0.6) is 0 Å². The highest BCUT2D eigenvalue weighted by Crippen LogP contribution is 2.32. The molecule has 1 aliphatic rings. The van der Waals surface area contributed by atoms with E-state index >= 15 is 0 Å². The van der Waals surface area contributed by atoms with Crippen LogP contribution >= 0.6 is 23.2 Å². The summed E-state index contributed by atoms with van der Waals surface area (Å²) in [4.78, 5) is 39.1. The van der Waals surface area contributed by atoms with E-state index < -0.39 is 11.8 Å². The van der Waals surface area contributed by atoms with Gasteiger partial charge in [-0.05, 0) is 39.0 Å². The molecular weight excluding hydrogens is 403 g/mol. The molecule has 148 valence electrons. The van der Waals surface area contributed by atoms with Gasteiger partial charge in [0.25, 0.3) is 11.8 Å². The van der Waals surface area contributed by atoms with E-state index in [4.69, 9.17) is 27.9 Å². The molecule has 2 heterocycles. The van der Waals surface area contributed by atoms with Crippen molar-refractivity contribution >= 4 is 40.8 Å². The summed E-state index contributed by atoms with van der Waals surface area (Å²) in [6.45, 7) is 5.90. The number of rotatable bonds is 6. The molecule has 1 unspecified atom stereocenters. The van der Waals surface area contributed by atoms with Gasteiger partial charge in [-0.3, -0.25) is 19.3 Å². The fourth-order valence-electron chi connectivity index (χ4n) is 3.71. The van der Waals surface area contributed by atoms with Gasteiger partial charge < -0.3 is 9.30 Å². The Bertz CT molecular complexity index is 956. The largest absolute Gasteiger partial charge is 0.383 e. The Morgan fingerprint density at radius 3 is 2.11 bits per heavy atom. The topological polar surface area (TPSA) is 68.6 Å². The van der Waals surface area contributed by atoms with E-state index in [0.717, 1.165) is 16.3 Å². The number of hydrogen-bond acceptors (Lipinski definition) is 4. The number of Topliss-reactive ketones (excluding diaryl/α,β-unsaturated/α-hetero) is 1. The number of fused-ring (bicyclic) bond motifs is 1. The molecule has 1 aromatic heterocycles. The second kappa shape index (κ2) is 7.70. The minimum Gasteiger partial charge on any atom is -0.383 e. The predicted octanol–water partition coefficient (Wildman–Crippen LogP) is 4.10. The summed E-state index contributed by atoms with van der Waals surface area (Å²) >= 11 is 11.9. The van der Waals surface area contributed by atoms with Crippen LogP contribution in [-0.2, 0) is 4.74 Å². The first-order valence-corrected chi connectivity index (χ1v) is 9.48. The summed E-state index contributed by atoms with van der Waals surface area (Å²) in [6, 6.07) is 4.55. The van der Waals surface area contributed by atoms with E-state index in [2.05, 4.69) is 0 Å². The summed E-state index contributed by atoms with van der Waals surface area (Å²) < 4.78 is 7.22. The van der Waals surface area contributed by atoms with Crippen molar-refractivity contribution in [2.75, 3.05) is 20.3 Å². The zero-order valence-corrected chi connectivity index (χ0v) is 17.5. The number of amides is 2. The molecule has 0 saturated carbocycles. The number of ether oxygens (including phenoxy) is 1. The van der Waals surface area contributed by atoms with Crippen molar-refractivity contribution < 1.29 is 19.1 Å². The summed E-state index contributed by atoms with van der Waals surface area (Å²) in [7, 11) is 1.62. The van der Waals surface area contributed by atoms with E-state index in [1.165, 1.54) is 12.1 Å². The van der Waals surface area contributed by atoms with Crippen LogP contribution in [0.1, 0.15) is 55.4 Å². The van der Waals surface area contributed by atoms with Gasteiger partial charge in [-0.2, -0.15) is 0 Å². The van der Waals surface area contributed by atoms with Gasteiger partial charge in [0.1, 0.15) is 0 Å². The smallest absolute Gasteiger partial charge is 0.262 e. The van der Waals surface area contributed by atoms with Crippen molar-refractivity contribution in [2.45, 2.75) is 26.8 Å². The number of aromatic nitrogens is 1. The van der Waals surface area contributed by atoms with Gasteiger partial charge in [-0.1, -0.05) is 23.2 Å². The summed E-state index contributed by atoms with van der Waals surface area (Å²) in [5, 5.41) is 0.371. The van der Waals surface area contributed by atoms with Crippen molar-refractivity contribution in [2.24, 2.45) is 0 Å². The zero-order chi connectivity index (χ0) is 20.7. The number of carbonyl (C=O) groups excluding carboxylic acids is 3. The molecule has 1 aromatic carbocycles. The first-order valence-electron chi connectivity index (χ1n) is 8.73. The number of carbonyl (C=O) groups is 3. The normalized spacial score (nSPS) is 14.6. The number of methoxy groups -OCH3 is 1. The molecule has 2 aromatic rings. The average molecular weight is 423 g/mol. The number of imide groups is 1. The quantitative estimate of drug-likeness (QED) is 0.518. The van der Waals surface area contributed by atoms with Crippen molar-refractivity contribution in [3.63, 3.8) is 0 Å². The SMILES string of the molecule is COCC(C)n1c(C)cc(C(=O)CN2C(=O)c3cc(Cl)c(Cl)cc3C2=O)c1C. The zero-order valence-electron chi connectivity index (χ0n) is 16.0. The Kier molecular flexibility index (Phi) is 5.66. The Morgan fingerprint density at radius 2 is 1.61 bits per heavy atom. The van der Waals surface area contributed by atoms with E-state index in [1.54, 1.807) is 13.2 Å². The Morgan fingerprint density at radius 1 is 1.07 bits per heavy atom. The van der Waals surface area contributed by atoms with Crippen LogP contribution in [0.25, 0.3) is 0 Å². The van der Waals surface area contributed by atoms with Crippen LogP contribution in [0.15, 0.2) is 18.2 Å². The number of ketones is 1. The Hall–Kier alpha value is -2.15. The lowest BCUT2D eigenvalue weighted by Gasteiger charge is -2.18. The lowest BCUT2D eigenvalue weighted by atomic mass is 10.1. The first kappa shape index (κ1) is 20.6. The van der Waals surface area contributed by atoms with Crippen LogP contribution in [0.2, 0.25) is 10.0 Å². The minimum absolute atomic E-state index is 0.0511. The molecular formula is C20H20Cl2N2O4. The van der Waals surface area contributed by atoms with Crippen LogP contribution < -0.4 is 0 Å². The Labute approximate surface area is 173 Å². The maximum absolute atomic E-state index is 12.9. The lowest BCUT2D eigenvalue weighted by Crippen LogP contribution is -2.35. The van der Waals surface area contributed by atoms with Gasteiger partial charge in [0.15, 0.2) is 5.78 Å². The van der Waals surface area contributed by atoms with Crippen molar-refractivity contribution in [1.29, 1.82) is 0 Å². The highest BCUT2D eigenvalue weighted by atomic mass is 35.5. The second-order valence-corrected chi connectivity index (χ2v) is 7.71. The van der Waals surface area contributed by atoms with Crippen LogP contribution in [0.3, 0.4) is 0 Å². The molecule has 1 atom stereocenters. The fraction of sp³-hybridized carbons (Fsp3) is 0.350. The molecule has 0 spiro atoms. The van der Waals surface area contributed by atoms with Crippen LogP contribution in [0, 0.1) is 13.8 Å². The standard InChI is InChI=1S/C20H20Cl2N2O4/c1-10-5-13(12(3)24(10)11(2)9-28-4)18(25)8-23-19(26)14-6-16(21)17(22)7-15(14)20(23)27/h5-7,11H,8-9H2,1-4H3. The monoisotopic (exact) mass is 422 g/mol. The molecule has 0 bridgehead atoms. The van der Waals surface area contributed by atoms with E-state index in [0.29, 0.717) is 12.2 Å². The maximum atomic E-state index is 12.9. The summed E-state index contributed by atoms with van der Waals surface area (Å²) in [5.74, 6) is -1.40. The van der Waals surface area contributed by atoms with Crippen molar-refractivity contribution in [3.05, 3.63) is 56.3 Å². The predicted molar refractivity (Wildman–Crippen MR) is 107 cm³/mol. The molecule has 0 aliphatic carbocycles. The number of aryl methyl sites for hydroxylation is 1. The van der Waals surface area contributed by atoms with Crippen molar-refractivity contribution in [1.82, 2.24) is 9.47 Å². The molecule has 0 radical (unpaired) electrons. The highest BCUT2D eigenvalue weighted by Gasteiger charge is 2.38. The molecule has 8 heteroatoms. The van der Waals surface area contributed by atoms with E-state index in [-0.39, 0.29) is 39.5 Å². The van der Waals surface area contributed by atoms with Crippen LogP contribution in [0.4, 0.5) is 0 Å². The molecule has 3 rings (SSSR count). The van der Waals surface area contributed by atoms with Gasteiger partial charge in [0.05, 0.1) is 40.4 Å². The summed E-state index contributed by atoms with van der Waals surface area (Å²) in [6.07, 6.45) is 0. The number of halogens is 2. The van der Waals surface area contributed by atoms with E-state index in [1.807, 2.05) is 25.3 Å². The second-order valence-electron chi connectivity index (χ2n) is 6.89. The molecule has 0 N–H and O–H groups in total. The van der Waals surface area contributed by atoms with Crippen molar-refractivity contribution in [3.8, 4) is 0 Å². The third kappa shape index (κ3) is 3.36. The van der Waals surface area contributed by atoms with Gasteiger partial charge in [-0.25, -0.2) is 0 Å². The average Bonchev–Trinajstić information content (AvgIpc) is 3.05.